The number of amides is 1. The van der Waals surface area contributed by atoms with Crippen LogP contribution < -0.4 is 5.73 Å². The van der Waals surface area contributed by atoms with Gasteiger partial charge in [0.2, 0.25) is 5.91 Å². The van der Waals surface area contributed by atoms with Crippen molar-refractivity contribution in [2.75, 3.05) is 0 Å². The third kappa shape index (κ3) is 3.36. The number of benzene rings is 1. The zero-order valence-electron chi connectivity index (χ0n) is 6.84. The lowest BCUT2D eigenvalue weighted by Crippen LogP contribution is -2.25. The largest absolute Gasteiger partial charge is 0.368 e. The van der Waals surface area contributed by atoms with E-state index < -0.39 is 11.3 Å². The van der Waals surface area contributed by atoms with Crippen molar-refractivity contribution < 1.29 is 4.79 Å². The van der Waals surface area contributed by atoms with E-state index in [0.29, 0.717) is 6.42 Å². The van der Waals surface area contributed by atoms with Gasteiger partial charge in [-0.15, -0.1) is 11.6 Å². The van der Waals surface area contributed by atoms with Gasteiger partial charge in [-0.05, 0) is 24.1 Å². The van der Waals surface area contributed by atoms with Crippen LogP contribution in [0.3, 0.4) is 0 Å². The Hall–Kier alpha value is -0.540. The van der Waals surface area contributed by atoms with Crippen LogP contribution in [0.25, 0.3) is 0 Å². The number of rotatable bonds is 3. The summed E-state index contributed by atoms with van der Waals surface area (Å²) in [5.74, 6) is -0.482. The van der Waals surface area contributed by atoms with Crippen molar-refractivity contribution in [3.63, 3.8) is 0 Å². The molecule has 1 amide bonds. The van der Waals surface area contributed by atoms with Crippen LogP contribution in [0.4, 0.5) is 0 Å². The van der Waals surface area contributed by atoms with Gasteiger partial charge < -0.3 is 5.73 Å². The van der Waals surface area contributed by atoms with Gasteiger partial charge in [0.15, 0.2) is 0 Å². The van der Waals surface area contributed by atoms with Crippen molar-refractivity contribution in [2.24, 2.45) is 5.73 Å². The zero-order valence-corrected chi connectivity index (χ0v) is 9.18. The quantitative estimate of drug-likeness (QED) is 0.833. The third-order valence-corrected chi connectivity index (χ3v) is 2.53. The van der Waals surface area contributed by atoms with Crippen molar-refractivity contribution in [3.05, 3.63) is 34.3 Å². The molecule has 0 saturated heterocycles. The lowest BCUT2D eigenvalue weighted by molar-refractivity contribution is -0.117. The number of nitrogens with two attached hydrogens (primary N) is 1. The predicted octanol–water partition coefficient (Wildman–Crippen LogP) is 2.08. The van der Waals surface area contributed by atoms with Gasteiger partial charge in [-0.25, -0.2) is 0 Å². The maximum absolute atomic E-state index is 10.7. The number of primary amides is 1. The molecule has 0 spiro atoms. The van der Waals surface area contributed by atoms with Gasteiger partial charge in [-0.3, -0.25) is 4.79 Å². The SMILES string of the molecule is NC(=O)C(Cl)Cc1ccc(Br)cc1. The van der Waals surface area contributed by atoms with Gasteiger partial charge in [0.25, 0.3) is 0 Å². The van der Waals surface area contributed by atoms with Crippen LogP contribution in [0.5, 0.6) is 0 Å². The molecule has 0 fully saturated rings. The first-order valence-electron chi connectivity index (χ1n) is 3.77. The number of carbonyl (C=O) groups excluding carboxylic acids is 1. The normalized spacial score (nSPS) is 12.5. The molecule has 0 aliphatic carbocycles. The van der Waals surface area contributed by atoms with Crippen LogP contribution in [-0.4, -0.2) is 11.3 Å². The topological polar surface area (TPSA) is 43.1 Å². The summed E-state index contributed by atoms with van der Waals surface area (Å²) >= 11 is 9.02. The molecular weight excluding hydrogens is 253 g/mol. The Bertz CT molecular complexity index is 299. The number of halogens is 2. The average molecular weight is 263 g/mol. The molecule has 70 valence electrons. The summed E-state index contributed by atoms with van der Waals surface area (Å²) in [5, 5.41) is -0.624. The second kappa shape index (κ2) is 4.63. The van der Waals surface area contributed by atoms with E-state index in [1.165, 1.54) is 0 Å². The minimum Gasteiger partial charge on any atom is -0.368 e. The second-order valence-corrected chi connectivity index (χ2v) is 4.14. The zero-order chi connectivity index (χ0) is 9.84. The predicted molar refractivity (Wildman–Crippen MR) is 56.7 cm³/mol. The first-order chi connectivity index (χ1) is 6.09. The fourth-order valence-electron chi connectivity index (χ4n) is 0.928. The number of hydrogen-bond acceptors (Lipinski definition) is 1. The van der Waals surface area contributed by atoms with E-state index in [-0.39, 0.29) is 0 Å². The highest BCUT2D eigenvalue weighted by Crippen LogP contribution is 2.13. The summed E-state index contributed by atoms with van der Waals surface area (Å²) in [7, 11) is 0. The molecule has 0 aliphatic heterocycles. The maximum Gasteiger partial charge on any atom is 0.235 e. The molecule has 0 aliphatic rings. The van der Waals surface area contributed by atoms with E-state index in [4.69, 9.17) is 17.3 Å². The summed E-state index contributed by atoms with van der Waals surface area (Å²) < 4.78 is 1.00. The molecule has 0 aromatic heterocycles. The van der Waals surface area contributed by atoms with Crippen molar-refractivity contribution in [1.82, 2.24) is 0 Å². The molecule has 0 heterocycles. The molecule has 0 saturated carbocycles. The van der Waals surface area contributed by atoms with Crippen LogP contribution in [0.1, 0.15) is 5.56 Å². The number of carbonyl (C=O) groups is 1. The lowest BCUT2D eigenvalue weighted by Gasteiger charge is -2.04. The van der Waals surface area contributed by atoms with Crippen LogP contribution in [0, 0.1) is 0 Å². The number of alkyl halides is 1. The fraction of sp³-hybridized carbons (Fsp3) is 0.222. The molecule has 4 heteroatoms. The van der Waals surface area contributed by atoms with E-state index in [9.17, 15) is 4.79 Å². The molecule has 2 nitrogen and oxygen atoms in total. The average Bonchev–Trinajstić information content (AvgIpc) is 2.08. The minimum atomic E-state index is -0.624. The Balaban J connectivity index is 2.64. The van der Waals surface area contributed by atoms with Gasteiger partial charge >= 0.3 is 0 Å². The summed E-state index contributed by atoms with van der Waals surface area (Å²) in [6.07, 6.45) is 0.476. The third-order valence-electron chi connectivity index (χ3n) is 1.64. The Kier molecular flexibility index (Phi) is 3.75. The molecule has 1 atom stereocenters. The van der Waals surface area contributed by atoms with E-state index in [1.807, 2.05) is 24.3 Å². The Morgan fingerprint density at radius 2 is 2.00 bits per heavy atom. The summed E-state index contributed by atoms with van der Waals surface area (Å²) in [6.45, 7) is 0. The van der Waals surface area contributed by atoms with Gasteiger partial charge in [0.1, 0.15) is 5.38 Å². The first-order valence-corrected chi connectivity index (χ1v) is 5.00. The molecule has 1 aromatic carbocycles. The minimum absolute atomic E-state index is 0.476. The summed E-state index contributed by atoms with van der Waals surface area (Å²) in [4.78, 5) is 10.7. The Morgan fingerprint density at radius 3 is 2.46 bits per heavy atom. The summed E-state index contributed by atoms with van der Waals surface area (Å²) in [6, 6.07) is 7.62. The monoisotopic (exact) mass is 261 g/mol. The molecule has 1 aromatic rings. The van der Waals surface area contributed by atoms with E-state index in [2.05, 4.69) is 15.9 Å². The molecular formula is C9H9BrClNO. The van der Waals surface area contributed by atoms with Crippen molar-refractivity contribution in [1.29, 1.82) is 0 Å². The molecule has 1 rings (SSSR count). The molecule has 0 bridgehead atoms. The van der Waals surface area contributed by atoms with Crippen LogP contribution in [0.15, 0.2) is 28.7 Å². The maximum atomic E-state index is 10.7. The van der Waals surface area contributed by atoms with Crippen LogP contribution in [-0.2, 0) is 11.2 Å². The molecule has 0 radical (unpaired) electrons. The van der Waals surface area contributed by atoms with Crippen LogP contribution >= 0.6 is 27.5 Å². The second-order valence-electron chi connectivity index (χ2n) is 2.70. The lowest BCUT2D eigenvalue weighted by atomic mass is 10.1. The van der Waals surface area contributed by atoms with Crippen molar-refractivity contribution >= 4 is 33.4 Å². The number of hydrogen-bond donors (Lipinski definition) is 1. The van der Waals surface area contributed by atoms with Crippen molar-refractivity contribution in [3.8, 4) is 0 Å². The highest BCUT2D eigenvalue weighted by molar-refractivity contribution is 9.10. The molecule has 1 unspecified atom stereocenters. The van der Waals surface area contributed by atoms with E-state index >= 15 is 0 Å². The molecule has 2 N–H and O–H groups in total. The van der Waals surface area contributed by atoms with E-state index in [1.54, 1.807) is 0 Å². The highest BCUT2D eigenvalue weighted by atomic mass is 79.9. The first kappa shape index (κ1) is 10.5. The summed E-state index contributed by atoms with van der Waals surface area (Å²) in [5.41, 5.74) is 6.04. The standard InChI is InChI=1S/C9H9BrClNO/c10-7-3-1-6(2-4-7)5-8(11)9(12)13/h1-4,8H,5H2,(H2,12,13). The van der Waals surface area contributed by atoms with Gasteiger partial charge in [-0.1, -0.05) is 28.1 Å². The highest BCUT2D eigenvalue weighted by Gasteiger charge is 2.11. The fourth-order valence-corrected chi connectivity index (χ4v) is 1.37. The van der Waals surface area contributed by atoms with E-state index in [0.717, 1.165) is 10.0 Å². The Morgan fingerprint density at radius 1 is 1.46 bits per heavy atom. The van der Waals surface area contributed by atoms with Gasteiger partial charge in [0.05, 0.1) is 0 Å². The molecule has 13 heavy (non-hydrogen) atoms. The van der Waals surface area contributed by atoms with Crippen molar-refractivity contribution in [2.45, 2.75) is 11.8 Å². The Labute approximate surface area is 90.2 Å². The van der Waals surface area contributed by atoms with Crippen LogP contribution in [0.2, 0.25) is 0 Å². The van der Waals surface area contributed by atoms with Gasteiger partial charge in [0, 0.05) is 4.47 Å². The smallest absolute Gasteiger partial charge is 0.235 e. The van der Waals surface area contributed by atoms with Gasteiger partial charge in [-0.2, -0.15) is 0 Å².